The first-order chi connectivity index (χ1) is 14.6. The highest BCUT2D eigenvalue weighted by atomic mass is 16.5. The quantitative estimate of drug-likeness (QED) is 0.450. The van der Waals surface area contributed by atoms with Crippen molar-refractivity contribution in [1.82, 2.24) is 0 Å². The Morgan fingerprint density at radius 3 is 2.27 bits per heavy atom. The molecule has 0 saturated carbocycles. The van der Waals surface area contributed by atoms with Crippen LogP contribution in [0.2, 0.25) is 0 Å². The number of ether oxygens (including phenoxy) is 2. The Morgan fingerprint density at radius 2 is 1.57 bits per heavy atom. The smallest absolute Gasteiger partial charge is 0.331 e. The standard InChI is InChI=1S/C25H23NO4/c1-18(30-24(27)17-14-19-12-15-21(29-2)16-13-19)25(28)26-23-11-7-6-10-22(23)20-8-4-3-5-9-20/h3-18H,1-2H3,(H,26,28)/b17-14+/t18-/m0/s1. The van der Waals surface area contributed by atoms with E-state index in [0.29, 0.717) is 5.69 Å². The van der Waals surface area contributed by atoms with E-state index in [9.17, 15) is 9.59 Å². The minimum Gasteiger partial charge on any atom is -0.497 e. The second kappa shape index (κ2) is 10.1. The summed E-state index contributed by atoms with van der Waals surface area (Å²) in [5, 5.41) is 2.85. The number of esters is 1. The van der Waals surface area contributed by atoms with Crippen LogP contribution in [0.15, 0.2) is 84.9 Å². The van der Waals surface area contributed by atoms with E-state index in [1.165, 1.54) is 6.08 Å². The number of carbonyl (C=O) groups is 2. The number of amides is 1. The minimum absolute atomic E-state index is 0.399. The van der Waals surface area contributed by atoms with Crippen LogP contribution in [0.5, 0.6) is 5.75 Å². The van der Waals surface area contributed by atoms with Gasteiger partial charge in [-0.15, -0.1) is 0 Å². The van der Waals surface area contributed by atoms with Crippen molar-refractivity contribution in [3.63, 3.8) is 0 Å². The van der Waals surface area contributed by atoms with Crippen molar-refractivity contribution in [2.24, 2.45) is 0 Å². The van der Waals surface area contributed by atoms with Gasteiger partial charge in [0.1, 0.15) is 5.75 Å². The molecule has 5 nitrogen and oxygen atoms in total. The number of anilines is 1. The van der Waals surface area contributed by atoms with Crippen LogP contribution in [0.1, 0.15) is 12.5 Å². The maximum absolute atomic E-state index is 12.5. The minimum atomic E-state index is -0.943. The van der Waals surface area contributed by atoms with Crippen molar-refractivity contribution in [3.05, 3.63) is 90.5 Å². The third kappa shape index (κ3) is 5.58. The molecule has 0 unspecified atom stereocenters. The highest BCUT2D eigenvalue weighted by Gasteiger charge is 2.18. The van der Waals surface area contributed by atoms with E-state index in [1.807, 2.05) is 66.7 Å². The van der Waals surface area contributed by atoms with E-state index >= 15 is 0 Å². The number of para-hydroxylation sites is 1. The number of benzene rings is 3. The zero-order chi connectivity index (χ0) is 21.3. The Hall–Kier alpha value is -3.86. The largest absolute Gasteiger partial charge is 0.497 e. The lowest BCUT2D eigenvalue weighted by Gasteiger charge is -2.15. The highest BCUT2D eigenvalue weighted by molar-refractivity contribution is 5.99. The molecule has 0 heterocycles. The lowest BCUT2D eigenvalue weighted by Crippen LogP contribution is -2.29. The Labute approximate surface area is 176 Å². The van der Waals surface area contributed by atoms with E-state index < -0.39 is 18.0 Å². The van der Waals surface area contributed by atoms with Crippen molar-refractivity contribution >= 4 is 23.6 Å². The Kier molecular flexibility index (Phi) is 7.00. The van der Waals surface area contributed by atoms with Gasteiger partial charge in [0, 0.05) is 17.3 Å². The average molecular weight is 401 g/mol. The molecule has 0 bridgehead atoms. The van der Waals surface area contributed by atoms with Crippen LogP contribution >= 0.6 is 0 Å². The van der Waals surface area contributed by atoms with Crippen LogP contribution < -0.4 is 10.1 Å². The van der Waals surface area contributed by atoms with Crippen LogP contribution in [-0.4, -0.2) is 25.1 Å². The molecule has 0 spiro atoms. The first-order valence-electron chi connectivity index (χ1n) is 9.55. The third-order valence-electron chi connectivity index (χ3n) is 4.46. The number of hydrogen-bond acceptors (Lipinski definition) is 4. The van der Waals surface area contributed by atoms with Gasteiger partial charge in [0.05, 0.1) is 7.11 Å². The van der Waals surface area contributed by atoms with E-state index in [0.717, 1.165) is 22.4 Å². The van der Waals surface area contributed by atoms with Gasteiger partial charge < -0.3 is 14.8 Å². The van der Waals surface area contributed by atoms with Gasteiger partial charge in [-0.3, -0.25) is 4.79 Å². The molecule has 0 aromatic heterocycles. The molecule has 0 aliphatic rings. The number of nitrogens with one attached hydrogen (secondary N) is 1. The molecular formula is C25H23NO4. The van der Waals surface area contributed by atoms with Crippen molar-refractivity contribution in [1.29, 1.82) is 0 Å². The SMILES string of the molecule is COc1ccc(/C=C/C(=O)O[C@@H](C)C(=O)Nc2ccccc2-c2ccccc2)cc1. The highest BCUT2D eigenvalue weighted by Crippen LogP contribution is 2.27. The van der Waals surface area contributed by atoms with E-state index in [4.69, 9.17) is 9.47 Å². The maximum Gasteiger partial charge on any atom is 0.331 e. The Bertz CT molecular complexity index is 1030. The molecule has 30 heavy (non-hydrogen) atoms. The van der Waals surface area contributed by atoms with Crippen LogP contribution in [0.4, 0.5) is 5.69 Å². The summed E-state index contributed by atoms with van der Waals surface area (Å²) in [5.41, 5.74) is 3.36. The Balaban J connectivity index is 1.61. The van der Waals surface area contributed by atoms with Gasteiger partial charge in [-0.25, -0.2) is 4.79 Å². The summed E-state index contributed by atoms with van der Waals surface area (Å²) in [6, 6.07) is 24.5. The van der Waals surface area contributed by atoms with Crippen LogP contribution in [0.3, 0.4) is 0 Å². The fourth-order valence-corrected chi connectivity index (χ4v) is 2.84. The fourth-order valence-electron chi connectivity index (χ4n) is 2.84. The van der Waals surface area contributed by atoms with Crippen molar-refractivity contribution < 1.29 is 19.1 Å². The van der Waals surface area contributed by atoms with Gasteiger partial charge in [-0.2, -0.15) is 0 Å². The molecule has 0 saturated heterocycles. The molecule has 0 aliphatic heterocycles. The van der Waals surface area contributed by atoms with Crippen molar-refractivity contribution in [2.75, 3.05) is 12.4 Å². The summed E-state index contributed by atoms with van der Waals surface area (Å²) < 4.78 is 10.3. The van der Waals surface area contributed by atoms with Gasteiger partial charge >= 0.3 is 5.97 Å². The molecule has 0 fully saturated rings. The lowest BCUT2D eigenvalue weighted by molar-refractivity contribution is -0.148. The molecule has 1 amide bonds. The molecular weight excluding hydrogens is 378 g/mol. The average Bonchev–Trinajstić information content (AvgIpc) is 2.79. The molecule has 3 rings (SSSR count). The number of methoxy groups -OCH3 is 1. The normalized spacial score (nSPS) is 11.7. The molecule has 1 N–H and O–H groups in total. The molecule has 0 radical (unpaired) electrons. The van der Waals surface area contributed by atoms with Crippen LogP contribution in [0, 0.1) is 0 Å². The molecule has 3 aromatic rings. The topological polar surface area (TPSA) is 64.6 Å². The van der Waals surface area contributed by atoms with Crippen LogP contribution in [0.25, 0.3) is 17.2 Å². The van der Waals surface area contributed by atoms with Gasteiger partial charge in [0.15, 0.2) is 6.10 Å². The summed E-state index contributed by atoms with van der Waals surface area (Å²) >= 11 is 0. The summed E-state index contributed by atoms with van der Waals surface area (Å²) in [6.07, 6.45) is 1.97. The molecule has 5 heteroatoms. The second-order valence-electron chi connectivity index (χ2n) is 6.59. The molecule has 152 valence electrons. The van der Waals surface area contributed by atoms with Crippen molar-refractivity contribution in [2.45, 2.75) is 13.0 Å². The number of hydrogen-bond donors (Lipinski definition) is 1. The predicted octanol–water partition coefficient (Wildman–Crippen LogP) is 4.95. The zero-order valence-corrected chi connectivity index (χ0v) is 16.9. The number of carbonyl (C=O) groups excluding carboxylic acids is 2. The summed E-state index contributed by atoms with van der Waals surface area (Å²) in [6.45, 7) is 1.54. The number of rotatable bonds is 7. The van der Waals surface area contributed by atoms with Gasteiger partial charge in [-0.1, -0.05) is 60.7 Å². The molecule has 3 aromatic carbocycles. The van der Waals surface area contributed by atoms with E-state index in [2.05, 4.69) is 5.32 Å². The van der Waals surface area contributed by atoms with E-state index in [-0.39, 0.29) is 0 Å². The second-order valence-corrected chi connectivity index (χ2v) is 6.59. The lowest BCUT2D eigenvalue weighted by atomic mass is 10.0. The maximum atomic E-state index is 12.5. The van der Waals surface area contributed by atoms with Crippen molar-refractivity contribution in [3.8, 4) is 16.9 Å². The third-order valence-corrected chi connectivity index (χ3v) is 4.46. The first-order valence-corrected chi connectivity index (χ1v) is 9.55. The summed E-state index contributed by atoms with van der Waals surface area (Å²) in [4.78, 5) is 24.6. The van der Waals surface area contributed by atoms with Gasteiger partial charge in [0.2, 0.25) is 0 Å². The predicted molar refractivity (Wildman–Crippen MR) is 118 cm³/mol. The molecule has 1 atom stereocenters. The van der Waals surface area contributed by atoms with Gasteiger partial charge in [-0.05, 0) is 42.3 Å². The van der Waals surface area contributed by atoms with E-state index in [1.54, 1.807) is 32.2 Å². The zero-order valence-electron chi connectivity index (χ0n) is 16.9. The fraction of sp³-hybridized carbons (Fsp3) is 0.120. The van der Waals surface area contributed by atoms with Gasteiger partial charge in [0.25, 0.3) is 5.91 Å². The van der Waals surface area contributed by atoms with Crippen LogP contribution in [-0.2, 0) is 14.3 Å². The first kappa shape index (κ1) is 20.9. The monoisotopic (exact) mass is 401 g/mol. The summed E-state index contributed by atoms with van der Waals surface area (Å²) in [7, 11) is 1.59. The molecule has 0 aliphatic carbocycles. The Morgan fingerprint density at radius 1 is 0.900 bits per heavy atom. The summed E-state index contributed by atoms with van der Waals surface area (Å²) in [5.74, 6) is -0.259.